The van der Waals surface area contributed by atoms with Crippen LogP contribution >= 0.6 is 11.3 Å². The van der Waals surface area contributed by atoms with Gasteiger partial charge >= 0.3 is 0 Å². The first-order valence-corrected chi connectivity index (χ1v) is 8.28. The molecule has 0 saturated carbocycles. The number of rotatable bonds is 5. The van der Waals surface area contributed by atoms with Crippen LogP contribution in [0.15, 0.2) is 28.7 Å². The number of thiophene rings is 1. The van der Waals surface area contributed by atoms with Gasteiger partial charge in [-0.2, -0.15) is 5.10 Å². The molecule has 1 atom stereocenters. The van der Waals surface area contributed by atoms with E-state index in [1.807, 2.05) is 6.92 Å². The first kappa shape index (κ1) is 15.2. The van der Waals surface area contributed by atoms with E-state index in [0.717, 1.165) is 4.88 Å². The molecule has 2 rings (SSSR count). The minimum Gasteiger partial charge on any atom is -0.384 e. The van der Waals surface area contributed by atoms with E-state index in [1.54, 1.807) is 37.0 Å². The van der Waals surface area contributed by atoms with Crippen molar-refractivity contribution in [1.82, 2.24) is 14.5 Å². The summed E-state index contributed by atoms with van der Waals surface area (Å²) in [6.07, 6.45) is 3.17. The quantitative estimate of drug-likeness (QED) is 0.861. The molecule has 0 aliphatic rings. The van der Waals surface area contributed by atoms with Crippen LogP contribution in [0.1, 0.15) is 17.4 Å². The first-order valence-electron chi connectivity index (χ1n) is 5.98. The Kier molecular flexibility index (Phi) is 4.01. The number of aliphatic hydroxyl groups is 1. The molecule has 2 N–H and O–H groups in total. The molecule has 2 aromatic heterocycles. The second kappa shape index (κ2) is 5.28. The first-order chi connectivity index (χ1) is 9.21. The third kappa shape index (κ3) is 3.26. The van der Waals surface area contributed by atoms with E-state index in [0.29, 0.717) is 5.56 Å². The largest absolute Gasteiger partial charge is 0.384 e. The van der Waals surface area contributed by atoms with Gasteiger partial charge in [-0.1, -0.05) is 0 Å². The Bertz CT molecular complexity index is 701. The molecule has 0 aliphatic heterocycles. The van der Waals surface area contributed by atoms with Gasteiger partial charge in [0, 0.05) is 30.2 Å². The molecule has 2 heterocycles. The Balaban J connectivity index is 2.11. The molecule has 0 saturated heterocycles. The fraction of sp³-hybridized carbons (Fsp3) is 0.417. The maximum Gasteiger partial charge on any atom is 0.250 e. The summed E-state index contributed by atoms with van der Waals surface area (Å²) in [6, 6.07) is 3.31. The van der Waals surface area contributed by atoms with E-state index in [-0.39, 0.29) is 10.8 Å². The van der Waals surface area contributed by atoms with Gasteiger partial charge in [0.15, 0.2) is 0 Å². The number of hydrogen-bond donors (Lipinski definition) is 2. The Hall–Kier alpha value is -1.22. The molecule has 0 unspecified atom stereocenters. The average molecular weight is 315 g/mol. The van der Waals surface area contributed by atoms with Crippen molar-refractivity contribution in [2.75, 3.05) is 6.54 Å². The number of sulfonamides is 1. The summed E-state index contributed by atoms with van der Waals surface area (Å²) in [6.45, 7) is 3.28. The van der Waals surface area contributed by atoms with E-state index in [4.69, 9.17) is 0 Å². The van der Waals surface area contributed by atoms with E-state index in [1.165, 1.54) is 17.5 Å². The third-order valence-corrected chi connectivity index (χ3v) is 5.81. The Morgan fingerprint density at radius 3 is 2.70 bits per heavy atom. The fourth-order valence-electron chi connectivity index (χ4n) is 1.66. The van der Waals surface area contributed by atoms with Gasteiger partial charge in [-0.15, -0.1) is 11.3 Å². The minimum absolute atomic E-state index is 0.113. The van der Waals surface area contributed by atoms with E-state index in [9.17, 15) is 13.5 Å². The van der Waals surface area contributed by atoms with Gasteiger partial charge in [0.1, 0.15) is 9.81 Å². The number of nitrogens with one attached hydrogen (secondary N) is 1. The fourth-order valence-corrected chi connectivity index (χ4v) is 4.12. The highest BCUT2D eigenvalue weighted by Gasteiger charge is 2.27. The van der Waals surface area contributed by atoms with Crippen molar-refractivity contribution >= 4 is 21.4 Å². The lowest BCUT2D eigenvalue weighted by atomic mass is 10.0. The van der Waals surface area contributed by atoms with Crippen molar-refractivity contribution in [3.63, 3.8) is 0 Å². The van der Waals surface area contributed by atoms with Crippen molar-refractivity contribution in [3.05, 3.63) is 35.0 Å². The highest BCUT2D eigenvalue weighted by atomic mass is 32.2. The predicted molar refractivity (Wildman–Crippen MR) is 77.0 cm³/mol. The van der Waals surface area contributed by atoms with E-state index in [2.05, 4.69) is 9.82 Å². The van der Waals surface area contributed by atoms with Crippen molar-refractivity contribution in [2.24, 2.45) is 7.05 Å². The summed E-state index contributed by atoms with van der Waals surface area (Å²) in [5.74, 6) is 0. The predicted octanol–water partition coefficient (Wildman–Crippen LogP) is 0.976. The Labute approximate surface area is 122 Å². The number of aryl methyl sites for hydroxylation is 2. The van der Waals surface area contributed by atoms with Gasteiger partial charge in [0.05, 0.1) is 6.20 Å². The average Bonchev–Trinajstić information content (AvgIpc) is 2.96. The van der Waals surface area contributed by atoms with Crippen LogP contribution in [0.3, 0.4) is 0 Å². The Morgan fingerprint density at radius 2 is 2.20 bits per heavy atom. The molecule has 110 valence electrons. The maximum atomic E-state index is 12.1. The summed E-state index contributed by atoms with van der Waals surface area (Å²) in [7, 11) is -1.86. The van der Waals surface area contributed by atoms with Crippen LogP contribution in [0.25, 0.3) is 0 Å². The maximum absolute atomic E-state index is 12.1. The van der Waals surface area contributed by atoms with E-state index < -0.39 is 15.6 Å². The summed E-state index contributed by atoms with van der Waals surface area (Å²) >= 11 is 1.20. The van der Waals surface area contributed by atoms with Crippen LogP contribution in [0.4, 0.5) is 0 Å². The number of hydrogen-bond acceptors (Lipinski definition) is 5. The summed E-state index contributed by atoms with van der Waals surface area (Å²) in [4.78, 5) is 0.921. The highest BCUT2D eigenvalue weighted by molar-refractivity contribution is 7.91. The molecule has 0 aliphatic carbocycles. The van der Waals surface area contributed by atoms with Gasteiger partial charge in [-0.25, -0.2) is 13.1 Å². The summed E-state index contributed by atoms with van der Waals surface area (Å²) in [5, 5.41) is 14.3. The number of nitrogens with zero attached hydrogens (tertiary/aromatic N) is 2. The molecule has 0 radical (unpaired) electrons. The van der Waals surface area contributed by atoms with Crippen molar-refractivity contribution in [1.29, 1.82) is 0 Å². The van der Waals surface area contributed by atoms with E-state index >= 15 is 0 Å². The summed E-state index contributed by atoms with van der Waals surface area (Å²) in [5.41, 5.74) is -0.752. The summed E-state index contributed by atoms with van der Waals surface area (Å²) < 4.78 is 28.4. The highest BCUT2D eigenvalue weighted by Crippen LogP contribution is 2.23. The van der Waals surface area contributed by atoms with Crippen molar-refractivity contribution in [2.45, 2.75) is 23.7 Å². The molecule has 0 bridgehead atoms. The van der Waals surface area contributed by atoms with Crippen LogP contribution in [-0.2, 0) is 22.7 Å². The zero-order valence-electron chi connectivity index (χ0n) is 11.5. The number of aromatic nitrogens is 2. The standard InChI is InChI=1S/C12H17N3O3S2/c1-9-4-5-11(19-9)20(17,18)14-8-12(2,16)10-6-13-15(3)7-10/h4-7,14,16H,8H2,1-3H3/t12-/m1/s1. The second-order valence-corrected chi connectivity index (χ2v) is 8.15. The van der Waals surface area contributed by atoms with Gasteiger partial charge in [0.2, 0.25) is 10.0 Å². The smallest absolute Gasteiger partial charge is 0.250 e. The van der Waals surface area contributed by atoms with Crippen LogP contribution in [-0.4, -0.2) is 29.8 Å². The second-order valence-electron chi connectivity index (χ2n) is 4.87. The third-order valence-electron chi connectivity index (χ3n) is 2.91. The van der Waals surface area contributed by atoms with Crippen LogP contribution in [0, 0.1) is 6.92 Å². The van der Waals surface area contributed by atoms with Crippen LogP contribution < -0.4 is 4.72 Å². The molecule has 0 amide bonds. The molecule has 0 spiro atoms. The zero-order valence-corrected chi connectivity index (χ0v) is 13.1. The van der Waals surface area contributed by atoms with Crippen molar-refractivity contribution in [3.8, 4) is 0 Å². The molecule has 0 fully saturated rings. The molecular weight excluding hydrogens is 298 g/mol. The minimum atomic E-state index is -3.59. The van der Waals surface area contributed by atoms with Gasteiger partial charge in [0.25, 0.3) is 0 Å². The topological polar surface area (TPSA) is 84.2 Å². The van der Waals surface area contributed by atoms with Gasteiger partial charge in [-0.05, 0) is 26.0 Å². The molecule has 20 heavy (non-hydrogen) atoms. The lowest BCUT2D eigenvalue weighted by molar-refractivity contribution is 0.0627. The molecule has 2 aromatic rings. The van der Waals surface area contributed by atoms with Crippen LogP contribution in [0.2, 0.25) is 0 Å². The molecule has 8 heteroatoms. The van der Waals surface area contributed by atoms with Gasteiger partial charge < -0.3 is 5.11 Å². The normalized spacial score (nSPS) is 15.2. The van der Waals surface area contributed by atoms with Crippen molar-refractivity contribution < 1.29 is 13.5 Å². The lowest BCUT2D eigenvalue weighted by Gasteiger charge is -2.21. The molecular formula is C12H17N3O3S2. The SMILES string of the molecule is Cc1ccc(S(=O)(=O)NC[C@@](C)(O)c2cnn(C)c2)s1. The lowest BCUT2D eigenvalue weighted by Crippen LogP contribution is -2.38. The van der Waals surface area contributed by atoms with Crippen LogP contribution in [0.5, 0.6) is 0 Å². The zero-order chi connectivity index (χ0) is 15.0. The monoisotopic (exact) mass is 315 g/mol. The molecule has 0 aromatic carbocycles. The Morgan fingerprint density at radius 1 is 1.50 bits per heavy atom. The molecule has 6 nitrogen and oxygen atoms in total. The van der Waals surface area contributed by atoms with Gasteiger partial charge in [-0.3, -0.25) is 4.68 Å².